The zero-order valence-electron chi connectivity index (χ0n) is 16.1. The molecule has 4 fully saturated rings. The van der Waals surface area contributed by atoms with Gasteiger partial charge in [-0.15, -0.1) is 0 Å². The highest BCUT2D eigenvalue weighted by atomic mass is 15.3. The van der Waals surface area contributed by atoms with Crippen LogP contribution in [0.2, 0.25) is 0 Å². The lowest BCUT2D eigenvalue weighted by Crippen LogP contribution is -2.46. The fourth-order valence-electron chi connectivity index (χ4n) is 6.46. The van der Waals surface area contributed by atoms with E-state index in [9.17, 15) is 0 Å². The summed E-state index contributed by atoms with van der Waals surface area (Å²) in [6, 6.07) is 2.55. The van der Waals surface area contributed by atoms with Crippen LogP contribution in [0.25, 0.3) is 0 Å². The van der Waals surface area contributed by atoms with Crippen LogP contribution in [0.3, 0.4) is 0 Å². The lowest BCUT2D eigenvalue weighted by molar-refractivity contribution is 0.0896. The van der Waals surface area contributed by atoms with Gasteiger partial charge in [-0.05, 0) is 82.1 Å². The Morgan fingerprint density at radius 1 is 0.920 bits per heavy atom. The van der Waals surface area contributed by atoms with Crippen molar-refractivity contribution in [3.8, 4) is 0 Å². The zero-order valence-corrected chi connectivity index (χ0v) is 16.1. The summed E-state index contributed by atoms with van der Waals surface area (Å²) in [6.07, 6.45) is 16.1. The van der Waals surface area contributed by atoms with E-state index in [2.05, 4.69) is 15.5 Å². The standard InChI is InChI=1S/C21H40N4/c22-11-12-23-14-16-5-7-17(8-6-16)18-9-10-20-21(13-18)25(15-24-20)19-3-1-2-4-19/h16-21,23-24H,1-15,22H2. The van der Waals surface area contributed by atoms with Gasteiger partial charge < -0.3 is 11.1 Å². The lowest BCUT2D eigenvalue weighted by atomic mass is 9.69. The molecule has 1 aliphatic heterocycles. The molecule has 4 rings (SSSR count). The van der Waals surface area contributed by atoms with Gasteiger partial charge in [0.05, 0.1) is 0 Å². The molecule has 25 heavy (non-hydrogen) atoms. The van der Waals surface area contributed by atoms with E-state index in [0.717, 1.165) is 49.0 Å². The highest BCUT2D eigenvalue weighted by Gasteiger charge is 2.43. The second-order valence-corrected chi connectivity index (χ2v) is 9.34. The number of rotatable bonds is 6. The van der Waals surface area contributed by atoms with Gasteiger partial charge in [0.25, 0.3) is 0 Å². The van der Waals surface area contributed by atoms with Gasteiger partial charge in [0.1, 0.15) is 0 Å². The van der Waals surface area contributed by atoms with Crippen LogP contribution in [-0.4, -0.2) is 49.3 Å². The maximum atomic E-state index is 5.59. The van der Waals surface area contributed by atoms with E-state index in [1.165, 1.54) is 83.8 Å². The summed E-state index contributed by atoms with van der Waals surface area (Å²) in [6.45, 7) is 4.12. The second kappa shape index (κ2) is 8.69. The van der Waals surface area contributed by atoms with Crippen LogP contribution in [0.5, 0.6) is 0 Å². The molecule has 144 valence electrons. The number of nitrogens with two attached hydrogens (primary N) is 1. The Hall–Kier alpha value is -0.160. The summed E-state index contributed by atoms with van der Waals surface area (Å²) in [7, 11) is 0. The average molecular weight is 349 g/mol. The molecule has 0 aromatic carbocycles. The summed E-state index contributed by atoms with van der Waals surface area (Å²) in [5, 5.41) is 7.38. The third kappa shape index (κ3) is 4.23. The molecule has 4 N–H and O–H groups in total. The lowest BCUT2D eigenvalue weighted by Gasteiger charge is -2.42. The first kappa shape index (κ1) is 18.2. The average Bonchev–Trinajstić information content (AvgIpc) is 3.31. The molecule has 0 radical (unpaired) electrons. The molecule has 4 heteroatoms. The fourth-order valence-corrected chi connectivity index (χ4v) is 6.46. The predicted molar refractivity (Wildman–Crippen MR) is 104 cm³/mol. The zero-order chi connectivity index (χ0) is 17.1. The van der Waals surface area contributed by atoms with Gasteiger partial charge in [-0.1, -0.05) is 12.8 Å². The number of fused-ring (bicyclic) bond motifs is 1. The summed E-state index contributed by atoms with van der Waals surface area (Å²) in [5.41, 5.74) is 5.59. The van der Waals surface area contributed by atoms with Crippen molar-refractivity contribution in [2.75, 3.05) is 26.3 Å². The largest absolute Gasteiger partial charge is 0.329 e. The third-order valence-electron chi connectivity index (χ3n) is 7.93. The molecular weight excluding hydrogens is 308 g/mol. The Bertz CT molecular complexity index is 401. The van der Waals surface area contributed by atoms with Crippen molar-refractivity contribution in [1.29, 1.82) is 0 Å². The molecule has 1 heterocycles. The number of nitrogens with one attached hydrogen (secondary N) is 2. The molecule has 3 saturated carbocycles. The Balaban J connectivity index is 1.26. The van der Waals surface area contributed by atoms with Crippen LogP contribution in [0.1, 0.15) is 70.6 Å². The molecule has 0 aromatic heterocycles. The first-order valence-electron chi connectivity index (χ1n) is 11.2. The minimum Gasteiger partial charge on any atom is -0.329 e. The molecule has 4 aliphatic rings. The molecule has 0 bridgehead atoms. The van der Waals surface area contributed by atoms with Crippen molar-refractivity contribution in [1.82, 2.24) is 15.5 Å². The molecule has 3 atom stereocenters. The second-order valence-electron chi connectivity index (χ2n) is 9.34. The van der Waals surface area contributed by atoms with E-state index in [-0.39, 0.29) is 0 Å². The molecule has 4 nitrogen and oxygen atoms in total. The van der Waals surface area contributed by atoms with Gasteiger partial charge in [0, 0.05) is 37.9 Å². The third-order valence-corrected chi connectivity index (χ3v) is 7.93. The molecule has 0 amide bonds. The monoisotopic (exact) mass is 348 g/mol. The van der Waals surface area contributed by atoms with Crippen LogP contribution in [-0.2, 0) is 0 Å². The van der Waals surface area contributed by atoms with E-state index in [0.29, 0.717) is 0 Å². The first-order chi connectivity index (χ1) is 12.3. The Kier molecular flexibility index (Phi) is 6.33. The minimum atomic E-state index is 0.769. The normalized spacial score (nSPS) is 40.4. The minimum absolute atomic E-state index is 0.769. The highest BCUT2D eigenvalue weighted by molar-refractivity contribution is 4.99. The van der Waals surface area contributed by atoms with Gasteiger partial charge in [-0.3, -0.25) is 10.2 Å². The maximum Gasteiger partial charge on any atom is 0.0489 e. The van der Waals surface area contributed by atoms with Crippen molar-refractivity contribution in [2.45, 2.75) is 88.8 Å². The maximum absolute atomic E-state index is 5.59. The molecule has 3 unspecified atom stereocenters. The summed E-state index contributed by atoms with van der Waals surface area (Å²) < 4.78 is 0. The summed E-state index contributed by atoms with van der Waals surface area (Å²) in [5.74, 6) is 2.92. The van der Waals surface area contributed by atoms with Gasteiger partial charge in [0.2, 0.25) is 0 Å². The van der Waals surface area contributed by atoms with Crippen molar-refractivity contribution < 1.29 is 0 Å². The van der Waals surface area contributed by atoms with Gasteiger partial charge in [-0.25, -0.2) is 0 Å². The Morgan fingerprint density at radius 2 is 1.68 bits per heavy atom. The van der Waals surface area contributed by atoms with Crippen LogP contribution in [0, 0.1) is 17.8 Å². The van der Waals surface area contributed by atoms with Gasteiger partial charge in [0.15, 0.2) is 0 Å². The molecular formula is C21H40N4. The quantitative estimate of drug-likeness (QED) is 0.646. The van der Waals surface area contributed by atoms with Crippen LogP contribution < -0.4 is 16.4 Å². The van der Waals surface area contributed by atoms with Crippen molar-refractivity contribution in [3.05, 3.63) is 0 Å². The van der Waals surface area contributed by atoms with Gasteiger partial charge >= 0.3 is 0 Å². The fraction of sp³-hybridized carbons (Fsp3) is 1.00. The van der Waals surface area contributed by atoms with Gasteiger partial charge in [-0.2, -0.15) is 0 Å². The highest BCUT2D eigenvalue weighted by Crippen LogP contribution is 2.43. The van der Waals surface area contributed by atoms with E-state index < -0.39 is 0 Å². The number of nitrogens with zero attached hydrogens (tertiary/aromatic N) is 1. The Labute approximate surface area is 154 Å². The van der Waals surface area contributed by atoms with E-state index in [1.807, 2.05) is 0 Å². The molecule has 0 aromatic rings. The van der Waals surface area contributed by atoms with E-state index in [1.54, 1.807) is 0 Å². The first-order valence-corrected chi connectivity index (χ1v) is 11.2. The summed E-state index contributed by atoms with van der Waals surface area (Å²) >= 11 is 0. The SMILES string of the molecule is NCCNCC1CCC(C2CCC3NCN(C4CCCC4)C3C2)CC1. The molecule has 0 spiro atoms. The molecule has 3 aliphatic carbocycles. The summed E-state index contributed by atoms with van der Waals surface area (Å²) in [4.78, 5) is 2.88. The van der Waals surface area contributed by atoms with Crippen molar-refractivity contribution in [2.24, 2.45) is 23.5 Å². The molecule has 1 saturated heterocycles. The van der Waals surface area contributed by atoms with Crippen LogP contribution in [0.15, 0.2) is 0 Å². The van der Waals surface area contributed by atoms with Crippen molar-refractivity contribution in [3.63, 3.8) is 0 Å². The smallest absolute Gasteiger partial charge is 0.0489 e. The van der Waals surface area contributed by atoms with Crippen molar-refractivity contribution >= 4 is 0 Å². The van der Waals surface area contributed by atoms with E-state index in [4.69, 9.17) is 5.73 Å². The number of hydrogen-bond acceptors (Lipinski definition) is 4. The van der Waals surface area contributed by atoms with Crippen LogP contribution in [0.4, 0.5) is 0 Å². The van der Waals surface area contributed by atoms with Crippen LogP contribution >= 0.6 is 0 Å². The number of hydrogen-bond donors (Lipinski definition) is 3. The van der Waals surface area contributed by atoms with E-state index >= 15 is 0 Å². The topological polar surface area (TPSA) is 53.3 Å². The Morgan fingerprint density at radius 3 is 2.44 bits per heavy atom. The predicted octanol–water partition coefficient (Wildman–Crippen LogP) is 2.68.